The van der Waals surface area contributed by atoms with E-state index in [4.69, 9.17) is 14.2 Å². The van der Waals surface area contributed by atoms with Crippen molar-refractivity contribution in [3.8, 4) is 0 Å². The lowest BCUT2D eigenvalue weighted by Crippen LogP contribution is -2.30. The van der Waals surface area contributed by atoms with Crippen LogP contribution >= 0.6 is 0 Å². The molecule has 0 saturated carbocycles. The number of rotatable bonds is 59. The van der Waals surface area contributed by atoms with E-state index in [2.05, 4.69) is 130 Å². The fraction of sp³-hybridized carbons (Fsp3) is 0.708. The summed E-state index contributed by atoms with van der Waals surface area (Å²) in [5.41, 5.74) is 0. The highest BCUT2D eigenvalue weighted by atomic mass is 16.6. The third-order valence-electron chi connectivity index (χ3n) is 14.0. The first-order valence-electron chi connectivity index (χ1n) is 32.9. The summed E-state index contributed by atoms with van der Waals surface area (Å²) in [4.78, 5) is 38.3. The van der Waals surface area contributed by atoms with Gasteiger partial charge in [-0.05, 0) is 103 Å². The Labute approximate surface area is 482 Å². The summed E-state index contributed by atoms with van der Waals surface area (Å²) in [5.74, 6) is -0.931. The first kappa shape index (κ1) is 74.1. The van der Waals surface area contributed by atoms with Crippen molar-refractivity contribution in [3.63, 3.8) is 0 Å². The van der Waals surface area contributed by atoms with Crippen LogP contribution in [0.4, 0.5) is 0 Å². The molecule has 6 heteroatoms. The van der Waals surface area contributed by atoms with Gasteiger partial charge in [-0.2, -0.15) is 0 Å². The zero-order valence-corrected chi connectivity index (χ0v) is 51.2. The van der Waals surface area contributed by atoms with Crippen molar-refractivity contribution >= 4 is 17.9 Å². The standard InChI is InChI=1S/C72H122O6/c1-4-7-10-13-16-19-22-25-28-30-32-34-35-36-37-39-40-42-44-47-50-53-56-59-62-65-71(74)77-68-69(67-76-70(73)64-61-58-55-52-49-46-27-24-21-18-15-12-9-6-3)78-72(75)66-63-60-57-54-51-48-45-43-41-38-33-31-29-26-23-20-17-14-11-8-5-2/h7,10,15-16,18-19,24-25,27-28,32,34,36-37,40,42,47,50,69H,4-6,8-9,11-14,17,20-23,26,29-31,33,35,38-39,41,43-46,48-49,51-68H2,1-3H3/b10-7-,18-15-,19-16-,27-24-,28-25-,34-32-,37-36-,42-40-,50-47-. The van der Waals surface area contributed by atoms with E-state index in [9.17, 15) is 14.4 Å². The number of allylic oxidation sites excluding steroid dienone is 18. The van der Waals surface area contributed by atoms with E-state index in [-0.39, 0.29) is 31.1 Å². The molecular weight excluding hydrogens is 961 g/mol. The Balaban J connectivity index is 4.41. The van der Waals surface area contributed by atoms with Crippen molar-refractivity contribution in [3.05, 3.63) is 109 Å². The molecule has 1 atom stereocenters. The van der Waals surface area contributed by atoms with Gasteiger partial charge in [-0.1, -0.05) is 297 Å². The maximum atomic E-state index is 12.9. The van der Waals surface area contributed by atoms with Crippen LogP contribution in [0, 0.1) is 0 Å². The smallest absolute Gasteiger partial charge is 0.306 e. The minimum atomic E-state index is -0.800. The molecule has 0 aliphatic carbocycles. The molecule has 0 aliphatic rings. The molecule has 0 N–H and O–H groups in total. The quantitative estimate of drug-likeness (QED) is 0.0261. The minimum absolute atomic E-state index is 0.0950. The van der Waals surface area contributed by atoms with Gasteiger partial charge in [-0.25, -0.2) is 0 Å². The van der Waals surface area contributed by atoms with Crippen LogP contribution in [0.1, 0.15) is 310 Å². The van der Waals surface area contributed by atoms with Gasteiger partial charge in [0.2, 0.25) is 0 Å². The van der Waals surface area contributed by atoms with E-state index in [1.807, 2.05) is 0 Å². The van der Waals surface area contributed by atoms with Crippen molar-refractivity contribution in [2.75, 3.05) is 13.2 Å². The zero-order chi connectivity index (χ0) is 56.4. The summed E-state index contributed by atoms with van der Waals surface area (Å²) < 4.78 is 16.9. The van der Waals surface area contributed by atoms with Gasteiger partial charge in [0.25, 0.3) is 0 Å². The molecule has 0 aliphatic heterocycles. The number of carbonyl (C=O) groups is 3. The first-order valence-corrected chi connectivity index (χ1v) is 32.9. The second kappa shape index (κ2) is 65.6. The molecule has 0 fully saturated rings. The number of hydrogen-bond acceptors (Lipinski definition) is 6. The Morgan fingerprint density at radius 3 is 0.833 bits per heavy atom. The van der Waals surface area contributed by atoms with Gasteiger partial charge >= 0.3 is 17.9 Å². The van der Waals surface area contributed by atoms with Crippen molar-refractivity contribution in [2.45, 2.75) is 316 Å². The third-order valence-corrected chi connectivity index (χ3v) is 14.0. The molecule has 446 valence electrons. The SMILES string of the molecule is CC/C=C\C/C=C\C/C=C\C/C=C\C/C=C\C/C=C\C/C=C\CCCCCC(=O)OCC(COC(=O)CCCCCCC/C=C\C/C=C\CCCC)OC(=O)CCCCCCCCCCCCCCCCCCCCCCC. The molecule has 0 spiro atoms. The summed E-state index contributed by atoms with van der Waals surface area (Å²) in [7, 11) is 0. The van der Waals surface area contributed by atoms with E-state index in [0.717, 1.165) is 135 Å². The van der Waals surface area contributed by atoms with Crippen molar-refractivity contribution in [1.82, 2.24) is 0 Å². The molecular formula is C72H122O6. The molecule has 1 unspecified atom stereocenters. The second-order valence-electron chi connectivity index (χ2n) is 21.6. The van der Waals surface area contributed by atoms with Crippen LogP contribution in [-0.2, 0) is 28.6 Å². The van der Waals surface area contributed by atoms with Gasteiger partial charge in [-0.3, -0.25) is 14.4 Å². The molecule has 0 saturated heterocycles. The summed E-state index contributed by atoms with van der Waals surface area (Å²) in [5, 5.41) is 0. The van der Waals surface area contributed by atoms with Crippen LogP contribution < -0.4 is 0 Å². The fourth-order valence-corrected chi connectivity index (χ4v) is 9.09. The molecule has 0 amide bonds. The molecule has 0 aromatic carbocycles. The minimum Gasteiger partial charge on any atom is -0.462 e. The lowest BCUT2D eigenvalue weighted by atomic mass is 10.0. The van der Waals surface area contributed by atoms with E-state index in [1.54, 1.807) is 0 Å². The second-order valence-corrected chi connectivity index (χ2v) is 21.6. The summed E-state index contributed by atoms with van der Waals surface area (Å²) in [6, 6.07) is 0. The van der Waals surface area contributed by atoms with Crippen molar-refractivity contribution in [2.24, 2.45) is 0 Å². The molecule has 6 nitrogen and oxygen atoms in total. The molecule has 78 heavy (non-hydrogen) atoms. The predicted molar refractivity (Wildman–Crippen MR) is 339 cm³/mol. The Morgan fingerprint density at radius 2 is 0.513 bits per heavy atom. The molecule has 0 aromatic rings. The van der Waals surface area contributed by atoms with E-state index >= 15 is 0 Å². The van der Waals surface area contributed by atoms with Crippen molar-refractivity contribution < 1.29 is 28.6 Å². The average molecular weight is 1080 g/mol. The Bertz CT molecular complexity index is 1570. The molecule has 0 heterocycles. The normalized spacial score (nSPS) is 12.8. The number of unbranched alkanes of at least 4 members (excludes halogenated alkanes) is 30. The lowest BCUT2D eigenvalue weighted by Gasteiger charge is -2.18. The Hall–Kier alpha value is -3.93. The van der Waals surface area contributed by atoms with Gasteiger partial charge < -0.3 is 14.2 Å². The lowest BCUT2D eigenvalue weighted by molar-refractivity contribution is -0.167. The summed E-state index contributed by atoms with van der Waals surface area (Å²) in [6.45, 7) is 6.48. The van der Waals surface area contributed by atoms with Gasteiger partial charge in [0.15, 0.2) is 6.10 Å². The highest BCUT2D eigenvalue weighted by Gasteiger charge is 2.19. The maximum absolute atomic E-state index is 12.9. The van der Waals surface area contributed by atoms with Gasteiger partial charge in [0.05, 0.1) is 0 Å². The number of carbonyl (C=O) groups excluding carboxylic acids is 3. The Kier molecular flexibility index (Phi) is 62.3. The molecule has 0 radical (unpaired) electrons. The highest BCUT2D eigenvalue weighted by Crippen LogP contribution is 2.17. The molecule has 0 bridgehead atoms. The van der Waals surface area contributed by atoms with Gasteiger partial charge in [-0.15, -0.1) is 0 Å². The van der Waals surface area contributed by atoms with Gasteiger partial charge in [0, 0.05) is 19.3 Å². The summed E-state index contributed by atoms with van der Waals surface area (Å²) >= 11 is 0. The monoisotopic (exact) mass is 1080 g/mol. The topological polar surface area (TPSA) is 78.9 Å². The molecule has 0 rings (SSSR count). The number of esters is 3. The van der Waals surface area contributed by atoms with Gasteiger partial charge in [0.1, 0.15) is 13.2 Å². The van der Waals surface area contributed by atoms with Crippen LogP contribution in [0.25, 0.3) is 0 Å². The zero-order valence-electron chi connectivity index (χ0n) is 51.2. The van der Waals surface area contributed by atoms with Crippen LogP contribution in [0.15, 0.2) is 109 Å². The first-order chi connectivity index (χ1) is 38.5. The van der Waals surface area contributed by atoms with E-state index in [1.165, 1.54) is 135 Å². The van der Waals surface area contributed by atoms with Crippen molar-refractivity contribution in [1.29, 1.82) is 0 Å². The largest absolute Gasteiger partial charge is 0.462 e. The van der Waals surface area contributed by atoms with E-state index < -0.39 is 6.10 Å². The van der Waals surface area contributed by atoms with E-state index in [0.29, 0.717) is 19.3 Å². The van der Waals surface area contributed by atoms with Crippen LogP contribution in [-0.4, -0.2) is 37.2 Å². The Morgan fingerprint density at radius 1 is 0.269 bits per heavy atom. The average Bonchev–Trinajstić information content (AvgIpc) is 3.44. The third kappa shape index (κ3) is 62.9. The molecule has 0 aromatic heterocycles. The maximum Gasteiger partial charge on any atom is 0.306 e. The van der Waals surface area contributed by atoms with Crippen LogP contribution in [0.3, 0.4) is 0 Å². The highest BCUT2D eigenvalue weighted by molar-refractivity contribution is 5.71. The predicted octanol–water partition coefficient (Wildman–Crippen LogP) is 22.6. The van der Waals surface area contributed by atoms with Crippen LogP contribution in [0.5, 0.6) is 0 Å². The summed E-state index contributed by atoms with van der Waals surface area (Å²) in [6.07, 6.45) is 89.5. The number of hydrogen-bond donors (Lipinski definition) is 0. The van der Waals surface area contributed by atoms with Crippen LogP contribution in [0.2, 0.25) is 0 Å². The number of ether oxygens (including phenoxy) is 3. The fourth-order valence-electron chi connectivity index (χ4n) is 9.09.